The van der Waals surface area contributed by atoms with Crippen LogP contribution in [0.3, 0.4) is 0 Å². The minimum Gasteiger partial charge on any atom is -0.351 e. The summed E-state index contributed by atoms with van der Waals surface area (Å²) in [6, 6.07) is 9.87. The van der Waals surface area contributed by atoms with Gasteiger partial charge in [0.1, 0.15) is 42.3 Å². The second-order valence-corrected chi connectivity index (χ2v) is 25.8. The fraction of sp³-hybridized carbons (Fsp3) is 0.567. The van der Waals surface area contributed by atoms with Crippen molar-refractivity contribution < 1.29 is 65.9 Å². The highest BCUT2D eigenvalue weighted by Crippen LogP contribution is 2.30. The molecule has 1 fully saturated rings. The van der Waals surface area contributed by atoms with E-state index in [0.717, 1.165) is 36.6 Å². The average Bonchev–Trinajstić information content (AvgIpc) is 0.838. The Morgan fingerprint density at radius 1 is 0.527 bits per heavy atom. The molecule has 11 amide bonds. The molecule has 512 valence electrons. The largest absolute Gasteiger partial charge is 0.416 e. The van der Waals surface area contributed by atoms with Crippen LogP contribution >= 0.6 is 11.6 Å². The first-order valence-corrected chi connectivity index (χ1v) is 31.7. The van der Waals surface area contributed by atoms with Crippen molar-refractivity contribution in [2.75, 3.05) is 76.0 Å². The molecule has 26 heteroatoms. The van der Waals surface area contributed by atoms with Crippen molar-refractivity contribution in [3.63, 3.8) is 0 Å². The Balaban J connectivity index is 1.87. The fourth-order valence-corrected chi connectivity index (χ4v) is 11.1. The number of alkyl halides is 3. The van der Waals surface area contributed by atoms with Crippen molar-refractivity contribution in [1.82, 2.24) is 55.1 Å². The number of carbonyl (C=O) groups is 11. The Morgan fingerprint density at radius 3 is 1.59 bits per heavy atom. The van der Waals surface area contributed by atoms with Crippen LogP contribution in [0.1, 0.15) is 103 Å². The van der Waals surface area contributed by atoms with Gasteiger partial charge in [-0.1, -0.05) is 114 Å². The molecular formula is C67H95ClF3N11O11. The molecule has 0 aliphatic carbocycles. The van der Waals surface area contributed by atoms with E-state index in [4.69, 9.17) is 11.6 Å². The van der Waals surface area contributed by atoms with Gasteiger partial charge in [-0.2, -0.15) is 13.2 Å². The van der Waals surface area contributed by atoms with Gasteiger partial charge in [-0.15, -0.1) is 0 Å². The van der Waals surface area contributed by atoms with E-state index >= 15 is 14.4 Å². The van der Waals surface area contributed by atoms with E-state index in [1.807, 2.05) is 20.8 Å². The van der Waals surface area contributed by atoms with Crippen LogP contribution < -0.4 is 16.0 Å². The van der Waals surface area contributed by atoms with Gasteiger partial charge in [-0.05, 0) is 91.8 Å². The minimum atomic E-state index is -4.64. The van der Waals surface area contributed by atoms with Gasteiger partial charge < -0.3 is 55.1 Å². The monoisotopic (exact) mass is 1320 g/mol. The van der Waals surface area contributed by atoms with Gasteiger partial charge in [-0.3, -0.25) is 52.7 Å². The molecule has 93 heavy (non-hydrogen) atoms. The van der Waals surface area contributed by atoms with Crippen molar-refractivity contribution in [3.05, 3.63) is 106 Å². The molecule has 9 atom stereocenters. The van der Waals surface area contributed by atoms with Crippen molar-refractivity contribution in [3.8, 4) is 0 Å². The summed E-state index contributed by atoms with van der Waals surface area (Å²) in [5.74, 6) is -8.88. The van der Waals surface area contributed by atoms with Crippen molar-refractivity contribution in [1.29, 1.82) is 0 Å². The van der Waals surface area contributed by atoms with Crippen molar-refractivity contribution >= 4 is 76.6 Å². The minimum absolute atomic E-state index is 0.0388. The third-order valence-corrected chi connectivity index (χ3v) is 17.5. The number of rotatable bonds is 12. The number of aryl methyl sites for hydroxylation is 1. The number of likely N-dealkylation sites (N-methyl/N-ethyl adjacent to an activating group) is 8. The average molecular weight is 1320 g/mol. The molecule has 4 rings (SSSR count). The summed E-state index contributed by atoms with van der Waals surface area (Å²) >= 11 is 6.21. The lowest BCUT2D eigenvalue weighted by Gasteiger charge is -2.39. The number of carbonyl (C=O) groups excluding carboxylic acids is 11. The first-order chi connectivity index (χ1) is 43.4. The van der Waals surface area contributed by atoms with E-state index in [2.05, 4.69) is 16.0 Å². The molecule has 3 aromatic rings. The van der Waals surface area contributed by atoms with Crippen LogP contribution in [0.2, 0.25) is 5.02 Å². The molecule has 1 saturated heterocycles. The number of nitrogens with zero attached hydrogens (tertiary/aromatic N) is 8. The Labute approximate surface area is 550 Å². The molecule has 0 spiro atoms. The van der Waals surface area contributed by atoms with Crippen LogP contribution in [0.15, 0.2) is 78.9 Å². The topological polar surface area (TPSA) is 250 Å². The first kappa shape index (κ1) is 77.4. The van der Waals surface area contributed by atoms with E-state index < -0.39 is 157 Å². The molecule has 1 heterocycles. The Kier molecular flexibility index (Phi) is 28.9. The Bertz CT molecular complexity index is 3100. The number of amides is 11. The van der Waals surface area contributed by atoms with Crippen LogP contribution in [0.5, 0.6) is 0 Å². The first-order valence-electron chi connectivity index (χ1n) is 31.3. The Morgan fingerprint density at radius 2 is 1.04 bits per heavy atom. The second kappa shape index (κ2) is 34.7. The maximum atomic E-state index is 15.3. The summed E-state index contributed by atoms with van der Waals surface area (Å²) in [7, 11) is 11.0. The maximum absolute atomic E-state index is 15.3. The summed E-state index contributed by atoms with van der Waals surface area (Å²) < 4.78 is 41.0. The summed E-state index contributed by atoms with van der Waals surface area (Å²) in [6.45, 7) is 11.9. The highest BCUT2D eigenvalue weighted by Gasteiger charge is 2.42. The van der Waals surface area contributed by atoms with Gasteiger partial charge in [0.15, 0.2) is 0 Å². The van der Waals surface area contributed by atoms with E-state index in [-0.39, 0.29) is 44.4 Å². The SMILES string of the molecule is CC[C@H](C)[C@@H]1NC(=O)[C@H](C)N(C)C(=O)C[C@@H](C)NC(=O)[C@H](C(C)C)N(C)C(=O)[C@H](Cc2ccccc2)N(C)C(=O)[C@H](CC(C)C)N(C)C(=O)[C@H](CCc2ccc(C(F)(F)F)cc2)NC(=O)CN(C)C(=O)[C@H](Cc2ccc(Cl)cc2)N(C)C(=O)CN(C)C(=O)CN(C)C1=O. The second-order valence-electron chi connectivity index (χ2n) is 25.4. The number of hydrogen-bond donors (Lipinski definition) is 3. The lowest BCUT2D eigenvalue weighted by molar-refractivity contribution is -0.153. The zero-order chi connectivity index (χ0) is 70.1. The smallest absolute Gasteiger partial charge is 0.351 e. The van der Waals surface area contributed by atoms with Crippen LogP contribution in [-0.2, 0) is 78.2 Å². The zero-order valence-corrected chi connectivity index (χ0v) is 57.3. The fourth-order valence-electron chi connectivity index (χ4n) is 11.0. The summed E-state index contributed by atoms with van der Waals surface area (Å²) in [5, 5.41) is 8.73. The molecule has 0 bridgehead atoms. The van der Waals surface area contributed by atoms with Crippen molar-refractivity contribution in [2.24, 2.45) is 17.8 Å². The lowest BCUT2D eigenvalue weighted by atomic mass is 9.96. The highest BCUT2D eigenvalue weighted by molar-refractivity contribution is 6.30. The molecule has 3 N–H and O–H groups in total. The van der Waals surface area contributed by atoms with Gasteiger partial charge in [0, 0.05) is 86.7 Å². The Hall–Kier alpha value is -8.09. The van der Waals surface area contributed by atoms with E-state index in [1.54, 1.807) is 82.3 Å². The van der Waals surface area contributed by atoms with Crippen molar-refractivity contribution in [2.45, 2.75) is 155 Å². The van der Waals surface area contributed by atoms with Gasteiger partial charge in [0.05, 0.1) is 25.2 Å². The van der Waals surface area contributed by atoms with E-state index in [0.29, 0.717) is 28.1 Å². The number of hydrogen-bond acceptors (Lipinski definition) is 11. The molecule has 0 aromatic heterocycles. The van der Waals surface area contributed by atoms with Gasteiger partial charge in [0.25, 0.3) is 0 Å². The maximum Gasteiger partial charge on any atom is 0.416 e. The van der Waals surface area contributed by atoms with Crippen LogP contribution in [-0.4, -0.2) is 229 Å². The summed E-state index contributed by atoms with van der Waals surface area (Å²) in [5.41, 5.74) is 0.674. The number of nitrogens with one attached hydrogen (secondary N) is 3. The van der Waals surface area contributed by atoms with E-state index in [9.17, 15) is 51.5 Å². The standard InChI is InChI=1S/C67H95ClF3N11O11/c1-17-42(6)58-66(93)77(11)38-56(85)75(9)39-57(86)79(13)52(36-47-25-30-49(68)31-26-47)63(90)76(10)37-54(83)73-50(32-27-45-23-28-48(29-24-45)67(69,70)71)62(89)80(14)51(33-40(2)3)64(91)81(15)53(35-46-21-19-18-20-22-46)65(92)82(16)59(41(4)5)61(88)72-43(7)34-55(84)78(12)44(8)60(87)74-58/h18-26,28-31,40-44,50-53,58-59H,17,27,32-39H2,1-16H3,(H,72,88)(H,73,83)(H,74,87)/t42-,43+,44-,50-,51-,52-,53-,58-,59-/m0/s1. The summed E-state index contributed by atoms with van der Waals surface area (Å²) in [4.78, 5) is 169. The number of benzene rings is 3. The zero-order valence-electron chi connectivity index (χ0n) is 56.5. The quantitative estimate of drug-likeness (QED) is 0.219. The molecule has 0 unspecified atom stereocenters. The molecular weight excluding hydrogens is 1230 g/mol. The predicted octanol–water partition coefficient (Wildman–Crippen LogP) is 4.93. The normalized spacial score (nSPS) is 23.6. The molecule has 0 radical (unpaired) electrons. The van der Waals surface area contributed by atoms with Gasteiger partial charge in [-0.25, -0.2) is 0 Å². The molecule has 1 aliphatic rings. The molecule has 1 aliphatic heterocycles. The van der Waals surface area contributed by atoms with E-state index in [1.165, 1.54) is 90.1 Å². The van der Waals surface area contributed by atoms with Crippen LogP contribution in [0.4, 0.5) is 13.2 Å². The van der Waals surface area contributed by atoms with Crippen LogP contribution in [0.25, 0.3) is 0 Å². The third-order valence-electron chi connectivity index (χ3n) is 17.3. The third kappa shape index (κ3) is 21.7. The summed E-state index contributed by atoms with van der Waals surface area (Å²) in [6.07, 6.45) is -4.88. The number of halogens is 4. The lowest BCUT2D eigenvalue weighted by Crippen LogP contribution is -2.61. The molecule has 3 aromatic carbocycles. The molecule has 22 nitrogen and oxygen atoms in total. The van der Waals surface area contributed by atoms with Crippen LogP contribution in [0, 0.1) is 17.8 Å². The van der Waals surface area contributed by atoms with Gasteiger partial charge in [0.2, 0.25) is 65.0 Å². The van der Waals surface area contributed by atoms with Gasteiger partial charge >= 0.3 is 6.18 Å². The predicted molar refractivity (Wildman–Crippen MR) is 346 cm³/mol. The highest BCUT2D eigenvalue weighted by atomic mass is 35.5. The molecule has 0 saturated carbocycles.